The second kappa shape index (κ2) is 39.6. The second-order valence-corrected chi connectivity index (χ2v) is 12.5. The summed E-state index contributed by atoms with van der Waals surface area (Å²) in [6.07, 6.45) is -8.35. The molecule has 18 N–H and O–H groups in total. The summed E-state index contributed by atoms with van der Waals surface area (Å²) < 4.78 is 0. The number of rotatable bonds is 21. The van der Waals surface area contributed by atoms with Gasteiger partial charge in [-0.15, -0.1) is 0 Å². The van der Waals surface area contributed by atoms with Crippen molar-refractivity contribution in [2.24, 2.45) is 0 Å². The number of H-pyrrole nitrogens is 3. The molecule has 3 rings (SSSR count). The van der Waals surface area contributed by atoms with Crippen molar-refractivity contribution in [1.29, 1.82) is 0 Å². The summed E-state index contributed by atoms with van der Waals surface area (Å²) in [5.41, 5.74) is 1.93. The van der Waals surface area contributed by atoms with Crippen LogP contribution in [0.5, 0.6) is 0 Å². The number of nitrogens with zero attached hydrogens (tertiary/aromatic N) is 3. The standard InChI is InChI=1S/3C6H6N2O2.3C6H12O7.Mo/c3*9-6(10)2-1-5-3-7-4-8-5;3*7-1-2(8)3(9)4(10)5(11)6(12)13;/h3*1-4H,(H,7,8)(H,9,10);3*2-5,7-11H,1H2,(H,12,13);/p-6/t;;;3*2-,3-,4+,5-;/m...111./s1. The van der Waals surface area contributed by atoms with Gasteiger partial charge in [-0.1, -0.05) is 0 Å². The number of aromatic amines is 3. The van der Waals surface area contributed by atoms with E-state index in [1.807, 2.05) is 0 Å². The number of aliphatic hydroxyl groups is 15. The molecule has 0 saturated carbocycles. The van der Waals surface area contributed by atoms with Gasteiger partial charge in [-0.3, -0.25) is 0 Å². The Balaban J connectivity index is -0.000000373. The topological polar surface area (TPSA) is 630 Å². The second-order valence-electron chi connectivity index (χ2n) is 12.5. The van der Waals surface area contributed by atoms with Crippen LogP contribution in [-0.2, 0) is 49.8 Å². The molecule has 0 amide bonds. The number of carbonyl (C=O) groups excluding carboxylic acids is 6. The molecule has 0 aromatic carbocycles. The molecule has 33 nitrogen and oxygen atoms in total. The number of hydrogen-bond donors (Lipinski definition) is 18. The zero-order valence-electron chi connectivity index (χ0n) is 35.3. The smallest absolute Gasteiger partial charge is 0.122 e. The number of nitrogens with one attached hydrogen (secondary N) is 3. The molecule has 3 heterocycles. The van der Waals surface area contributed by atoms with Crippen LogP contribution in [0.2, 0.25) is 0 Å². The van der Waals surface area contributed by atoms with Crippen molar-refractivity contribution in [3.63, 3.8) is 0 Å². The van der Waals surface area contributed by atoms with Gasteiger partial charge in [0.1, 0.15) is 73.2 Å². The summed E-state index contributed by atoms with van der Waals surface area (Å²) in [6.45, 7) is -2.59. The maximum atomic E-state index is 9.98. The largest absolute Gasteiger partial charge is 0.547 e. The number of imidazole rings is 3. The number of aromatic nitrogens is 6. The van der Waals surface area contributed by atoms with E-state index in [9.17, 15) is 59.4 Å². The zero-order chi connectivity index (χ0) is 54.0. The monoisotopic (exact) mass is 1090 g/mol. The van der Waals surface area contributed by atoms with Crippen LogP contribution in [0.4, 0.5) is 0 Å². The fraction of sp³-hybridized carbons (Fsp3) is 0.417. The third-order valence-corrected chi connectivity index (χ3v) is 7.24. The van der Waals surface area contributed by atoms with E-state index in [1.165, 1.54) is 55.8 Å². The van der Waals surface area contributed by atoms with Gasteiger partial charge in [-0.2, -0.15) is 0 Å². The number of carbonyl (C=O) groups is 6. The quantitative estimate of drug-likeness (QED) is 0.0348. The third kappa shape index (κ3) is 32.5. The fourth-order valence-corrected chi connectivity index (χ4v) is 3.53. The first-order valence-electron chi connectivity index (χ1n) is 18.4. The minimum absolute atomic E-state index is 0. The summed E-state index contributed by atoms with van der Waals surface area (Å²) in [6, 6.07) is 0. The first-order valence-corrected chi connectivity index (χ1v) is 18.4. The van der Waals surface area contributed by atoms with Gasteiger partial charge in [0.05, 0.1) is 110 Å². The molecule has 3 aromatic heterocycles. The maximum Gasteiger partial charge on any atom is 0.122 e. The number of hydrogen-bond acceptors (Lipinski definition) is 30. The van der Waals surface area contributed by atoms with Crippen LogP contribution >= 0.6 is 0 Å². The molecule has 70 heavy (non-hydrogen) atoms. The van der Waals surface area contributed by atoms with Crippen LogP contribution in [-0.4, -0.2) is 235 Å². The SMILES string of the molecule is O=C([O-])C=Cc1cnc[nH]1.O=C([O-])C=Cc1cnc[nH]1.O=C([O-])C=Cc1cnc[nH]1.O=C([O-])[C@H](O)[C@@H](O)[C@H](O)[C@H](O)CO.O=C([O-])[C@H](O)[C@@H](O)[C@H](O)[C@H](O)CO.O=C([O-])[C@H](O)[C@@H](O)[C@H](O)[C@H](O)CO.[Mo]. The van der Waals surface area contributed by atoms with Gasteiger partial charge in [-0.05, 0) is 36.5 Å². The molecule has 34 heteroatoms. The van der Waals surface area contributed by atoms with Crippen molar-refractivity contribution < 1.29 is 157 Å². The molecule has 12 atom stereocenters. The summed E-state index contributed by atoms with van der Waals surface area (Å²) in [7, 11) is 0. The normalized spacial score (nSPS) is 15.8. The van der Waals surface area contributed by atoms with Crippen LogP contribution in [0.15, 0.2) is 55.8 Å². The minimum atomic E-state index is -2.31. The summed E-state index contributed by atoms with van der Waals surface area (Å²) in [4.78, 5) is 78.7. The molecule has 0 unspecified atom stereocenters. The molecule has 0 spiro atoms. The third-order valence-electron chi connectivity index (χ3n) is 7.24. The Bertz CT molecular complexity index is 1730. The van der Waals surface area contributed by atoms with E-state index in [4.69, 9.17) is 76.6 Å². The average Bonchev–Trinajstić information content (AvgIpc) is 4.16. The van der Waals surface area contributed by atoms with Gasteiger partial charge in [0.25, 0.3) is 0 Å². The molecule has 396 valence electrons. The van der Waals surface area contributed by atoms with Crippen LogP contribution < -0.4 is 30.6 Å². The molecule has 0 fully saturated rings. The molecule has 0 bridgehead atoms. The number of carboxylic acid groups (broad SMARTS) is 6. The molecular weight excluding hydrogens is 1040 g/mol. The van der Waals surface area contributed by atoms with E-state index in [-0.39, 0.29) is 21.1 Å². The van der Waals surface area contributed by atoms with Crippen LogP contribution in [0.1, 0.15) is 17.1 Å². The molecule has 3 aromatic rings. The molecule has 0 aliphatic carbocycles. The van der Waals surface area contributed by atoms with Gasteiger partial charge in [0.2, 0.25) is 0 Å². The first-order chi connectivity index (χ1) is 32.1. The molecule has 0 radical (unpaired) electrons. The van der Waals surface area contributed by atoms with Crippen molar-refractivity contribution in [3.05, 3.63) is 72.9 Å². The molecule has 0 aliphatic heterocycles. The zero-order valence-corrected chi connectivity index (χ0v) is 37.3. The van der Waals surface area contributed by atoms with Gasteiger partial charge in [0.15, 0.2) is 0 Å². The van der Waals surface area contributed by atoms with Crippen molar-refractivity contribution in [1.82, 2.24) is 29.9 Å². The Hall–Kier alpha value is -6.24. The Morgan fingerprint density at radius 3 is 0.743 bits per heavy atom. The Morgan fingerprint density at radius 1 is 0.414 bits per heavy atom. The van der Waals surface area contributed by atoms with Crippen molar-refractivity contribution in [2.45, 2.75) is 73.2 Å². The molecule has 0 saturated heterocycles. The van der Waals surface area contributed by atoms with Crippen molar-refractivity contribution in [3.8, 4) is 0 Å². The van der Waals surface area contributed by atoms with E-state index >= 15 is 0 Å². The number of carboxylic acids is 6. The molecule has 0 aliphatic rings. The van der Waals surface area contributed by atoms with Gasteiger partial charge in [-0.25, -0.2) is 15.0 Å². The van der Waals surface area contributed by atoms with Gasteiger partial charge < -0.3 is 151 Å². The molecular formula is C36H48MoN6O27-6. The van der Waals surface area contributed by atoms with Crippen molar-refractivity contribution in [2.75, 3.05) is 19.8 Å². The van der Waals surface area contributed by atoms with Crippen molar-refractivity contribution >= 4 is 54.0 Å². The van der Waals surface area contributed by atoms with E-state index < -0.39 is 129 Å². The van der Waals surface area contributed by atoms with Gasteiger partial charge in [0, 0.05) is 21.1 Å². The Kier molecular flexibility index (Phi) is 39.8. The van der Waals surface area contributed by atoms with Gasteiger partial charge >= 0.3 is 0 Å². The Labute approximate surface area is 406 Å². The van der Waals surface area contributed by atoms with E-state index in [2.05, 4.69) is 29.9 Å². The van der Waals surface area contributed by atoms with E-state index in [1.54, 1.807) is 0 Å². The maximum absolute atomic E-state index is 9.98. The average molecular weight is 1090 g/mol. The predicted molar refractivity (Wildman–Crippen MR) is 206 cm³/mol. The van der Waals surface area contributed by atoms with Crippen LogP contribution in [0.25, 0.3) is 18.2 Å². The fourth-order valence-electron chi connectivity index (χ4n) is 3.53. The summed E-state index contributed by atoms with van der Waals surface area (Å²) in [5.74, 6) is -9.57. The Morgan fingerprint density at radius 2 is 0.614 bits per heavy atom. The predicted octanol–water partition coefficient (Wildman–Crippen LogP) is -17.0. The summed E-state index contributed by atoms with van der Waals surface area (Å²) >= 11 is 0. The van der Waals surface area contributed by atoms with Crippen LogP contribution in [0, 0.1) is 0 Å². The van der Waals surface area contributed by atoms with E-state index in [0.29, 0.717) is 17.1 Å². The first kappa shape index (κ1) is 70.3. The number of aliphatic hydroxyl groups excluding tert-OH is 15. The van der Waals surface area contributed by atoms with E-state index in [0.717, 1.165) is 18.2 Å². The number of aliphatic carboxylic acids is 6. The minimum Gasteiger partial charge on any atom is -0.547 e. The summed E-state index contributed by atoms with van der Waals surface area (Å²) in [5, 5.41) is 190. The van der Waals surface area contributed by atoms with Crippen LogP contribution in [0.3, 0.4) is 0 Å².